The van der Waals surface area contributed by atoms with E-state index in [1.807, 2.05) is 38.1 Å². The first-order valence-electron chi connectivity index (χ1n) is 8.59. The summed E-state index contributed by atoms with van der Waals surface area (Å²) < 4.78 is 1.69. The zero-order chi connectivity index (χ0) is 20.0. The molecule has 2 heterocycles. The molecule has 2 aromatic heterocycles. The topological polar surface area (TPSA) is 121 Å². The van der Waals surface area contributed by atoms with Gasteiger partial charge in [0.25, 0.3) is 0 Å². The third-order valence-corrected chi connectivity index (χ3v) is 4.67. The third kappa shape index (κ3) is 2.59. The fourth-order valence-electron chi connectivity index (χ4n) is 3.28. The van der Waals surface area contributed by atoms with Gasteiger partial charge in [0.15, 0.2) is 17.1 Å². The smallest absolute Gasteiger partial charge is 0.166 e. The Kier molecular flexibility index (Phi) is 3.90. The van der Waals surface area contributed by atoms with E-state index in [0.717, 1.165) is 11.3 Å². The Labute approximate surface area is 160 Å². The highest BCUT2D eigenvalue weighted by molar-refractivity contribution is 6.00. The molecule has 4 rings (SSSR count). The number of rotatable bonds is 2. The van der Waals surface area contributed by atoms with Crippen LogP contribution in [0.25, 0.3) is 27.8 Å². The van der Waals surface area contributed by atoms with Crippen LogP contribution in [0.5, 0.6) is 11.5 Å². The summed E-state index contributed by atoms with van der Waals surface area (Å²) in [5.41, 5.74) is 10.5. The minimum atomic E-state index is -0.284. The van der Waals surface area contributed by atoms with E-state index in [9.17, 15) is 15.5 Å². The van der Waals surface area contributed by atoms with Crippen LogP contribution in [0.4, 0.5) is 5.82 Å². The summed E-state index contributed by atoms with van der Waals surface area (Å²) in [4.78, 5) is 4.44. The molecule has 0 atom stereocenters. The Morgan fingerprint density at radius 2 is 1.75 bits per heavy atom. The van der Waals surface area contributed by atoms with Crippen LogP contribution in [-0.2, 0) is 0 Å². The molecule has 4 N–H and O–H groups in total. The Bertz CT molecular complexity index is 1270. The highest BCUT2D eigenvalue weighted by Gasteiger charge is 2.22. The van der Waals surface area contributed by atoms with Crippen LogP contribution in [0.1, 0.15) is 16.8 Å². The van der Waals surface area contributed by atoms with E-state index in [2.05, 4.69) is 16.2 Å². The molecule has 7 nitrogen and oxygen atoms in total. The molecule has 0 saturated heterocycles. The molecule has 0 amide bonds. The number of aromatic nitrogens is 3. The number of benzene rings is 2. The van der Waals surface area contributed by atoms with E-state index in [-0.39, 0.29) is 22.9 Å². The van der Waals surface area contributed by atoms with E-state index >= 15 is 0 Å². The number of phenols is 2. The van der Waals surface area contributed by atoms with Gasteiger partial charge >= 0.3 is 0 Å². The number of hydrogen-bond acceptors (Lipinski definition) is 6. The summed E-state index contributed by atoms with van der Waals surface area (Å²) in [5.74, 6) is -0.452. The van der Waals surface area contributed by atoms with Gasteiger partial charge in [-0.2, -0.15) is 10.4 Å². The number of pyridine rings is 1. The summed E-state index contributed by atoms with van der Waals surface area (Å²) in [5, 5.41) is 34.5. The molecule has 28 heavy (non-hydrogen) atoms. The number of nitrogen functional groups attached to an aromatic ring is 1. The van der Waals surface area contributed by atoms with Crippen LogP contribution >= 0.6 is 0 Å². The number of anilines is 1. The van der Waals surface area contributed by atoms with Gasteiger partial charge in [-0.05, 0) is 43.7 Å². The first-order valence-corrected chi connectivity index (χ1v) is 8.59. The number of fused-ring (bicyclic) bond motifs is 1. The van der Waals surface area contributed by atoms with Crippen molar-refractivity contribution in [2.75, 3.05) is 5.73 Å². The van der Waals surface area contributed by atoms with Crippen LogP contribution in [0.2, 0.25) is 0 Å². The second-order valence-electron chi connectivity index (χ2n) is 6.59. The predicted octanol–water partition coefficient (Wildman–Crippen LogP) is 3.57. The lowest BCUT2D eigenvalue weighted by Crippen LogP contribution is -2.02. The third-order valence-electron chi connectivity index (χ3n) is 4.67. The molecule has 7 heteroatoms. The maximum absolute atomic E-state index is 9.94. The number of aromatic hydroxyl groups is 2. The van der Waals surface area contributed by atoms with Gasteiger partial charge in [0, 0.05) is 5.56 Å². The largest absolute Gasteiger partial charge is 0.504 e. The average Bonchev–Trinajstić information content (AvgIpc) is 2.99. The Hall–Kier alpha value is -4.05. The van der Waals surface area contributed by atoms with Gasteiger partial charge in [-0.25, -0.2) is 9.67 Å². The molecule has 0 aliphatic heterocycles. The van der Waals surface area contributed by atoms with Gasteiger partial charge in [-0.1, -0.05) is 23.8 Å². The molecule has 0 saturated carbocycles. The highest BCUT2D eigenvalue weighted by atomic mass is 16.3. The first-order chi connectivity index (χ1) is 13.4. The molecule has 4 aromatic rings. The maximum Gasteiger partial charge on any atom is 0.166 e. The van der Waals surface area contributed by atoms with Crippen LogP contribution in [0, 0.1) is 25.2 Å². The van der Waals surface area contributed by atoms with Gasteiger partial charge in [-0.15, -0.1) is 0 Å². The van der Waals surface area contributed by atoms with Crippen LogP contribution < -0.4 is 5.73 Å². The van der Waals surface area contributed by atoms with E-state index in [1.165, 1.54) is 12.1 Å². The molecule has 0 radical (unpaired) electrons. The lowest BCUT2D eigenvalue weighted by Gasteiger charge is -2.11. The van der Waals surface area contributed by atoms with Gasteiger partial charge < -0.3 is 15.9 Å². The van der Waals surface area contributed by atoms with Crippen LogP contribution in [0.15, 0.2) is 42.5 Å². The van der Waals surface area contributed by atoms with Crippen molar-refractivity contribution >= 4 is 16.9 Å². The molecule has 2 aromatic carbocycles. The summed E-state index contributed by atoms with van der Waals surface area (Å²) in [6.45, 7) is 3.83. The zero-order valence-electron chi connectivity index (χ0n) is 15.3. The standard InChI is InChI=1S/C21H17N5O2/c1-11-3-6-14(7-4-11)26-21-18(12(2)25-26)19(15(10-22)20(23)24-21)13-5-8-16(27)17(28)9-13/h3-9,27-28H,1-2H3,(H2,23,24). The van der Waals surface area contributed by atoms with E-state index in [0.29, 0.717) is 27.9 Å². The van der Waals surface area contributed by atoms with Gasteiger partial charge in [0.1, 0.15) is 17.5 Å². The Morgan fingerprint density at radius 3 is 2.39 bits per heavy atom. The second kappa shape index (κ2) is 6.28. The van der Waals surface area contributed by atoms with Crippen molar-refractivity contribution in [2.24, 2.45) is 0 Å². The second-order valence-corrected chi connectivity index (χ2v) is 6.59. The quantitative estimate of drug-likeness (QED) is 0.463. The van der Waals surface area contributed by atoms with Crippen molar-refractivity contribution in [1.29, 1.82) is 5.26 Å². The van der Waals surface area contributed by atoms with E-state index in [4.69, 9.17) is 5.73 Å². The monoisotopic (exact) mass is 371 g/mol. The fourth-order valence-corrected chi connectivity index (χ4v) is 3.28. The van der Waals surface area contributed by atoms with Crippen LogP contribution in [0.3, 0.4) is 0 Å². The van der Waals surface area contributed by atoms with Gasteiger partial charge in [0.05, 0.1) is 16.8 Å². The summed E-state index contributed by atoms with van der Waals surface area (Å²) >= 11 is 0. The SMILES string of the molecule is Cc1ccc(-n2nc(C)c3c(-c4ccc(O)c(O)c4)c(C#N)c(N)nc32)cc1. The van der Waals surface area contributed by atoms with Gasteiger partial charge in [-0.3, -0.25) is 0 Å². The van der Waals surface area contributed by atoms with Gasteiger partial charge in [0.2, 0.25) is 0 Å². The number of hydrogen-bond donors (Lipinski definition) is 3. The van der Waals surface area contributed by atoms with Crippen molar-refractivity contribution < 1.29 is 10.2 Å². The van der Waals surface area contributed by atoms with Crippen molar-refractivity contribution in [3.05, 3.63) is 59.3 Å². The molecule has 0 aliphatic rings. The number of nitrogens with two attached hydrogens (primary N) is 1. The zero-order valence-corrected chi connectivity index (χ0v) is 15.3. The van der Waals surface area contributed by atoms with E-state index in [1.54, 1.807) is 10.7 Å². The van der Waals surface area contributed by atoms with Crippen molar-refractivity contribution in [3.8, 4) is 34.4 Å². The molecule has 138 valence electrons. The minimum absolute atomic E-state index is 0.0748. The summed E-state index contributed by atoms with van der Waals surface area (Å²) in [6.07, 6.45) is 0. The number of aryl methyl sites for hydroxylation is 2. The van der Waals surface area contributed by atoms with Crippen molar-refractivity contribution in [3.63, 3.8) is 0 Å². The fraction of sp³-hybridized carbons (Fsp3) is 0.0952. The van der Waals surface area contributed by atoms with Crippen molar-refractivity contribution in [2.45, 2.75) is 13.8 Å². The lowest BCUT2D eigenvalue weighted by molar-refractivity contribution is 0.404. The van der Waals surface area contributed by atoms with Crippen LogP contribution in [-0.4, -0.2) is 25.0 Å². The molecule has 0 fully saturated rings. The lowest BCUT2D eigenvalue weighted by atomic mass is 9.96. The molecule has 0 unspecified atom stereocenters. The summed E-state index contributed by atoms with van der Waals surface area (Å²) in [7, 11) is 0. The van der Waals surface area contributed by atoms with Crippen molar-refractivity contribution in [1.82, 2.24) is 14.8 Å². The number of nitriles is 1. The average molecular weight is 371 g/mol. The Balaban J connectivity index is 2.10. The minimum Gasteiger partial charge on any atom is -0.504 e. The molecule has 0 aliphatic carbocycles. The molecule has 0 bridgehead atoms. The summed E-state index contributed by atoms with van der Waals surface area (Å²) in [6, 6.07) is 14.3. The maximum atomic E-state index is 9.94. The van der Waals surface area contributed by atoms with E-state index < -0.39 is 0 Å². The normalized spacial score (nSPS) is 10.9. The number of nitrogens with zero attached hydrogens (tertiary/aromatic N) is 4. The first kappa shape index (κ1) is 17.4. The molecular formula is C21H17N5O2. The molecule has 0 spiro atoms. The number of phenolic OH excluding ortho intramolecular Hbond substituents is 2. The highest BCUT2D eigenvalue weighted by Crippen LogP contribution is 2.39. The molecular weight excluding hydrogens is 354 g/mol. The predicted molar refractivity (Wildman–Crippen MR) is 106 cm³/mol. The Morgan fingerprint density at radius 1 is 1.04 bits per heavy atom.